The van der Waals surface area contributed by atoms with Crippen LogP contribution in [0.4, 0.5) is 0 Å². The van der Waals surface area contributed by atoms with Crippen molar-refractivity contribution in [2.24, 2.45) is 0 Å². The third-order valence-electron chi connectivity index (χ3n) is 3.36. The summed E-state index contributed by atoms with van der Waals surface area (Å²) in [6.07, 6.45) is -0.661. The van der Waals surface area contributed by atoms with Crippen molar-refractivity contribution in [1.29, 1.82) is 0 Å². The van der Waals surface area contributed by atoms with Crippen LogP contribution in [-0.2, 0) is 4.74 Å². The van der Waals surface area contributed by atoms with Crippen LogP contribution in [0.25, 0.3) is 0 Å². The maximum Gasteiger partial charge on any atom is 0.340 e. The van der Waals surface area contributed by atoms with Crippen molar-refractivity contribution >= 4 is 11.9 Å². The normalized spacial score (nSPS) is 16.9. The van der Waals surface area contributed by atoms with Crippen molar-refractivity contribution in [2.45, 2.75) is 6.23 Å². The van der Waals surface area contributed by atoms with Crippen molar-refractivity contribution in [2.75, 3.05) is 7.05 Å². The molecular weight excluding hydrogens is 254 g/mol. The zero-order chi connectivity index (χ0) is 14.1. The Balaban J connectivity index is 1.88. The van der Waals surface area contributed by atoms with Gasteiger partial charge in [-0.2, -0.15) is 0 Å². The largest absolute Gasteiger partial charge is 0.433 e. The zero-order valence-electron chi connectivity index (χ0n) is 10.9. The van der Waals surface area contributed by atoms with Crippen LogP contribution in [-0.4, -0.2) is 23.8 Å². The Morgan fingerprint density at radius 2 is 1.70 bits per heavy atom. The molecule has 1 amide bonds. The molecule has 100 valence electrons. The molecule has 2 aromatic rings. The summed E-state index contributed by atoms with van der Waals surface area (Å²) >= 11 is 0. The topological polar surface area (TPSA) is 46.6 Å². The van der Waals surface area contributed by atoms with E-state index in [9.17, 15) is 9.59 Å². The summed E-state index contributed by atoms with van der Waals surface area (Å²) < 4.78 is 5.47. The molecule has 4 nitrogen and oxygen atoms in total. The molecule has 1 aliphatic heterocycles. The molecule has 0 N–H and O–H groups in total. The van der Waals surface area contributed by atoms with Crippen LogP contribution in [0.2, 0.25) is 0 Å². The van der Waals surface area contributed by atoms with Crippen molar-refractivity contribution in [3.63, 3.8) is 0 Å². The highest BCUT2D eigenvalue weighted by molar-refractivity contribution is 5.99. The first-order chi connectivity index (χ1) is 9.68. The Hall–Kier alpha value is -2.62. The summed E-state index contributed by atoms with van der Waals surface area (Å²) in [4.78, 5) is 25.6. The molecule has 20 heavy (non-hydrogen) atoms. The summed E-state index contributed by atoms with van der Waals surface area (Å²) in [7, 11) is 1.63. The molecule has 0 aliphatic carbocycles. The third-order valence-corrected chi connectivity index (χ3v) is 3.36. The molecule has 0 saturated carbocycles. The van der Waals surface area contributed by atoms with E-state index in [4.69, 9.17) is 4.74 Å². The average molecular weight is 267 g/mol. The van der Waals surface area contributed by atoms with Crippen LogP contribution >= 0.6 is 0 Å². The van der Waals surface area contributed by atoms with Gasteiger partial charge in [0.15, 0.2) is 0 Å². The Bertz CT molecular complexity index is 666. The standard InChI is InChI=1S/C16H13NO3/c1-17-14(18)12-9-5-6-10-13(12)15(17)20-16(19)11-7-3-2-4-8-11/h2-10,15H,1H3. The van der Waals surface area contributed by atoms with Gasteiger partial charge in [0, 0.05) is 18.2 Å². The lowest BCUT2D eigenvalue weighted by Gasteiger charge is -2.20. The van der Waals surface area contributed by atoms with E-state index in [0.717, 1.165) is 5.56 Å². The van der Waals surface area contributed by atoms with Crippen LogP contribution < -0.4 is 0 Å². The van der Waals surface area contributed by atoms with Crippen LogP contribution in [0.1, 0.15) is 32.5 Å². The summed E-state index contributed by atoms with van der Waals surface area (Å²) in [6, 6.07) is 15.9. The van der Waals surface area contributed by atoms with Crippen molar-refractivity contribution < 1.29 is 14.3 Å². The lowest BCUT2D eigenvalue weighted by atomic mass is 10.1. The van der Waals surface area contributed by atoms with E-state index in [2.05, 4.69) is 0 Å². The minimum Gasteiger partial charge on any atom is -0.433 e. The highest BCUT2D eigenvalue weighted by atomic mass is 16.6. The molecule has 1 heterocycles. The molecule has 0 bridgehead atoms. The van der Waals surface area contributed by atoms with Gasteiger partial charge >= 0.3 is 5.97 Å². The summed E-state index contributed by atoms with van der Waals surface area (Å²) in [5, 5.41) is 0. The van der Waals surface area contributed by atoms with E-state index in [1.165, 1.54) is 4.90 Å². The number of carbonyl (C=O) groups is 2. The molecule has 0 aromatic heterocycles. The Morgan fingerprint density at radius 1 is 1.05 bits per heavy atom. The predicted molar refractivity (Wildman–Crippen MR) is 73.1 cm³/mol. The molecule has 4 heteroatoms. The fourth-order valence-electron chi connectivity index (χ4n) is 2.30. The lowest BCUT2D eigenvalue weighted by Crippen LogP contribution is -2.26. The molecule has 0 saturated heterocycles. The SMILES string of the molecule is CN1C(=O)c2ccccc2C1OC(=O)c1ccccc1. The number of benzene rings is 2. The minimum absolute atomic E-state index is 0.133. The Morgan fingerprint density at radius 3 is 2.45 bits per heavy atom. The van der Waals surface area contributed by atoms with Crippen molar-refractivity contribution in [3.05, 3.63) is 71.3 Å². The molecular formula is C16H13NO3. The minimum atomic E-state index is -0.661. The van der Waals surface area contributed by atoms with Gasteiger partial charge in [0.1, 0.15) is 0 Å². The van der Waals surface area contributed by atoms with Gasteiger partial charge in [-0.25, -0.2) is 4.79 Å². The number of rotatable bonds is 2. The molecule has 1 unspecified atom stereocenters. The van der Waals surface area contributed by atoms with Gasteiger partial charge in [-0.15, -0.1) is 0 Å². The predicted octanol–water partition coefficient (Wildman–Crippen LogP) is 2.63. The first kappa shape index (κ1) is 12.4. The van der Waals surface area contributed by atoms with Gasteiger partial charge < -0.3 is 9.64 Å². The van der Waals surface area contributed by atoms with E-state index < -0.39 is 12.2 Å². The fraction of sp³-hybridized carbons (Fsp3) is 0.125. The van der Waals surface area contributed by atoms with Crippen molar-refractivity contribution in [1.82, 2.24) is 4.90 Å². The number of amides is 1. The van der Waals surface area contributed by atoms with E-state index in [0.29, 0.717) is 11.1 Å². The van der Waals surface area contributed by atoms with Gasteiger partial charge in [-0.05, 0) is 18.2 Å². The van der Waals surface area contributed by atoms with Gasteiger partial charge in [0.2, 0.25) is 6.23 Å². The average Bonchev–Trinajstić information content (AvgIpc) is 2.74. The number of hydrogen-bond donors (Lipinski definition) is 0. The maximum absolute atomic E-state index is 12.1. The number of fused-ring (bicyclic) bond motifs is 1. The van der Waals surface area contributed by atoms with E-state index in [1.807, 2.05) is 12.1 Å². The van der Waals surface area contributed by atoms with Crippen molar-refractivity contribution in [3.8, 4) is 0 Å². The summed E-state index contributed by atoms with van der Waals surface area (Å²) in [5.74, 6) is -0.571. The Kier molecular flexibility index (Phi) is 2.99. The number of esters is 1. The van der Waals surface area contributed by atoms with Gasteiger partial charge in [0.25, 0.3) is 5.91 Å². The van der Waals surface area contributed by atoms with Gasteiger partial charge in [-0.3, -0.25) is 4.79 Å². The first-order valence-corrected chi connectivity index (χ1v) is 6.30. The monoisotopic (exact) mass is 267 g/mol. The first-order valence-electron chi connectivity index (χ1n) is 6.30. The van der Waals surface area contributed by atoms with Crippen LogP contribution in [0.5, 0.6) is 0 Å². The van der Waals surface area contributed by atoms with Crippen LogP contribution in [0, 0.1) is 0 Å². The van der Waals surface area contributed by atoms with E-state index in [-0.39, 0.29) is 5.91 Å². The second kappa shape index (κ2) is 4.81. The molecule has 3 rings (SSSR count). The smallest absolute Gasteiger partial charge is 0.340 e. The van der Waals surface area contributed by atoms with Gasteiger partial charge in [0.05, 0.1) is 5.56 Å². The molecule has 2 aromatic carbocycles. The maximum atomic E-state index is 12.1. The number of nitrogens with zero attached hydrogens (tertiary/aromatic N) is 1. The molecule has 0 fully saturated rings. The zero-order valence-corrected chi connectivity index (χ0v) is 10.9. The molecule has 1 aliphatic rings. The van der Waals surface area contributed by atoms with Crippen LogP contribution in [0.3, 0.4) is 0 Å². The summed E-state index contributed by atoms with van der Waals surface area (Å²) in [6.45, 7) is 0. The third kappa shape index (κ3) is 1.95. The molecule has 1 atom stereocenters. The number of hydrogen-bond acceptors (Lipinski definition) is 3. The molecule has 0 spiro atoms. The number of carbonyl (C=O) groups excluding carboxylic acids is 2. The Labute approximate surface area is 116 Å². The molecule has 0 radical (unpaired) electrons. The van der Waals surface area contributed by atoms with Gasteiger partial charge in [-0.1, -0.05) is 36.4 Å². The quantitative estimate of drug-likeness (QED) is 0.786. The second-order valence-corrected chi connectivity index (χ2v) is 4.63. The van der Waals surface area contributed by atoms with Crippen LogP contribution in [0.15, 0.2) is 54.6 Å². The highest BCUT2D eigenvalue weighted by Crippen LogP contribution is 2.33. The fourth-order valence-corrected chi connectivity index (χ4v) is 2.30. The lowest BCUT2D eigenvalue weighted by molar-refractivity contribution is -0.0108. The summed E-state index contributed by atoms with van der Waals surface area (Å²) in [5.41, 5.74) is 1.78. The highest BCUT2D eigenvalue weighted by Gasteiger charge is 2.36. The number of ether oxygens (including phenoxy) is 1. The van der Waals surface area contributed by atoms with E-state index >= 15 is 0 Å². The second-order valence-electron chi connectivity index (χ2n) is 4.63. The van der Waals surface area contributed by atoms with E-state index in [1.54, 1.807) is 49.5 Å².